The summed E-state index contributed by atoms with van der Waals surface area (Å²) in [6.07, 6.45) is 1.40. The second-order valence-electron chi connectivity index (χ2n) is 5.71. The minimum atomic E-state index is -0.372. The van der Waals surface area contributed by atoms with Gasteiger partial charge in [-0.15, -0.1) is 0 Å². The topological polar surface area (TPSA) is 75.3 Å². The zero-order chi connectivity index (χ0) is 16.5. The number of nitrogens with zero attached hydrogens (tertiary/aromatic N) is 2. The molecule has 0 radical (unpaired) electrons. The van der Waals surface area contributed by atoms with E-state index in [9.17, 15) is 9.59 Å². The average Bonchev–Trinajstić information content (AvgIpc) is 2.57. The van der Waals surface area contributed by atoms with Crippen LogP contribution < -0.4 is 10.3 Å². The normalized spacial score (nSPS) is 14.4. The maximum absolute atomic E-state index is 12.3. The maximum Gasteiger partial charge on any atom is 0.260 e. The van der Waals surface area contributed by atoms with E-state index in [1.54, 1.807) is 11.0 Å². The van der Waals surface area contributed by atoms with E-state index in [-0.39, 0.29) is 23.1 Å². The van der Waals surface area contributed by atoms with Crippen LogP contribution in [0.2, 0.25) is 0 Å². The SMILES string of the molecule is O=C(c1ccc[nH]c1=O)N1CC(Oc2ccc3ccccc3n2)C1. The second-order valence-corrected chi connectivity index (χ2v) is 5.71. The summed E-state index contributed by atoms with van der Waals surface area (Å²) in [5.41, 5.74) is 0.654. The van der Waals surface area contributed by atoms with Crippen LogP contribution in [0.4, 0.5) is 0 Å². The summed E-state index contributed by atoms with van der Waals surface area (Å²) in [7, 11) is 0. The summed E-state index contributed by atoms with van der Waals surface area (Å²) < 4.78 is 5.81. The zero-order valence-corrected chi connectivity index (χ0v) is 12.8. The van der Waals surface area contributed by atoms with Crippen molar-refractivity contribution in [2.75, 3.05) is 13.1 Å². The molecule has 24 heavy (non-hydrogen) atoms. The predicted molar refractivity (Wildman–Crippen MR) is 89.1 cm³/mol. The van der Waals surface area contributed by atoms with E-state index < -0.39 is 0 Å². The van der Waals surface area contributed by atoms with E-state index in [0.717, 1.165) is 10.9 Å². The van der Waals surface area contributed by atoms with Crippen molar-refractivity contribution in [2.45, 2.75) is 6.10 Å². The van der Waals surface area contributed by atoms with Crippen molar-refractivity contribution in [1.82, 2.24) is 14.9 Å². The number of carbonyl (C=O) groups excluding carboxylic acids is 1. The monoisotopic (exact) mass is 321 g/mol. The van der Waals surface area contributed by atoms with Gasteiger partial charge in [0, 0.05) is 17.6 Å². The van der Waals surface area contributed by atoms with Gasteiger partial charge in [-0.1, -0.05) is 18.2 Å². The van der Waals surface area contributed by atoms with Gasteiger partial charge in [-0.3, -0.25) is 9.59 Å². The number of carbonyl (C=O) groups is 1. The first-order valence-corrected chi connectivity index (χ1v) is 7.70. The van der Waals surface area contributed by atoms with Gasteiger partial charge in [-0.2, -0.15) is 0 Å². The molecule has 0 aliphatic carbocycles. The van der Waals surface area contributed by atoms with E-state index in [4.69, 9.17) is 4.74 Å². The third-order valence-electron chi connectivity index (χ3n) is 4.04. The predicted octanol–water partition coefficient (Wildman–Crippen LogP) is 1.83. The standard InChI is InChI=1S/C18H15N3O3/c22-17-14(5-3-9-19-17)18(23)21-10-13(11-21)24-16-8-7-12-4-1-2-6-15(12)20-16/h1-9,13H,10-11H2,(H,19,22). The highest BCUT2D eigenvalue weighted by atomic mass is 16.5. The van der Waals surface area contributed by atoms with Gasteiger partial charge in [0.05, 0.1) is 18.6 Å². The first-order valence-electron chi connectivity index (χ1n) is 7.70. The van der Waals surface area contributed by atoms with E-state index in [1.165, 1.54) is 12.3 Å². The Labute approximate surface area is 137 Å². The van der Waals surface area contributed by atoms with Gasteiger partial charge >= 0.3 is 0 Å². The van der Waals surface area contributed by atoms with Gasteiger partial charge in [0.25, 0.3) is 11.5 Å². The maximum atomic E-state index is 12.3. The second kappa shape index (κ2) is 5.81. The summed E-state index contributed by atoms with van der Waals surface area (Å²) in [4.78, 5) is 32.5. The molecule has 3 heterocycles. The molecule has 3 aromatic rings. The highest BCUT2D eigenvalue weighted by Crippen LogP contribution is 2.20. The molecule has 1 amide bonds. The third-order valence-corrected chi connectivity index (χ3v) is 4.04. The molecule has 0 spiro atoms. The van der Waals surface area contributed by atoms with Crippen molar-refractivity contribution < 1.29 is 9.53 Å². The number of hydrogen-bond donors (Lipinski definition) is 1. The van der Waals surface area contributed by atoms with Crippen molar-refractivity contribution in [3.63, 3.8) is 0 Å². The number of aromatic amines is 1. The lowest BCUT2D eigenvalue weighted by atomic mass is 10.1. The molecule has 4 rings (SSSR count). The first kappa shape index (κ1) is 14.4. The Morgan fingerprint density at radius 3 is 2.79 bits per heavy atom. The summed E-state index contributed by atoms with van der Waals surface area (Å²) in [6, 6.07) is 14.8. The summed E-state index contributed by atoms with van der Waals surface area (Å²) in [5, 5.41) is 1.05. The van der Waals surface area contributed by atoms with Crippen LogP contribution in [0.15, 0.2) is 59.5 Å². The molecule has 1 N–H and O–H groups in total. The van der Waals surface area contributed by atoms with Crippen LogP contribution in [0.25, 0.3) is 10.9 Å². The fourth-order valence-electron chi connectivity index (χ4n) is 2.72. The number of hydrogen-bond acceptors (Lipinski definition) is 4. The fraction of sp³-hybridized carbons (Fsp3) is 0.167. The fourth-order valence-corrected chi connectivity index (χ4v) is 2.72. The summed E-state index contributed by atoms with van der Waals surface area (Å²) in [5.74, 6) is 0.270. The molecule has 6 nitrogen and oxygen atoms in total. The zero-order valence-electron chi connectivity index (χ0n) is 12.8. The van der Waals surface area contributed by atoms with E-state index in [2.05, 4.69) is 9.97 Å². The first-order chi connectivity index (χ1) is 11.7. The number of likely N-dealkylation sites (tertiary alicyclic amines) is 1. The number of aromatic nitrogens is 2. The van der Waals surface area contributed by atoms with E-state index in [0.29, 0.717) is 19.0 Å². The Balaban J connectivity index is 1.41. The molecule has 0 atom stereocenters. The Kier molecular flexibility index (Phi) is 3.49. The molecule has 0 bridgehead atoms. The number of rotatable bonds is 3. The van der Waals surface area contributed by atoms with Crippen LogP contribution in [0, 0.1) is 0 Å². The smallest absolute Gasteiger partial charge is 0.260 e. The molecule has 0 saturated carbocycles. The third kappa shape index (κ3) is 2.62. The minimum Gasteiger partial charge on any atom is -0.471 e. The molecular formula is C18H15N3O3. The van der Waals surface area contributed by atoms with Gasteiger partial charge in [0.2, 0.25) is 5.88 Å². The molecule has 1 aliphatic heterocycles. The quantitative estimate of drug-likeness (QED) is 0.798. The summed E-state index contributed by atoms with van der Waals surface area (Å²) >= 11 is 0. The van der Waals surface area contributed by atoms with Gasteiger partial charge in [0.1, 0.15) is 11.7 Å². The number of para-hydroxylation sites is 1. The number of pyridine rings is 2. The van der Waals surface area contributed by atoms with Crippen LogP contribution >= 0.6 is 0 Å². The van der Waals surface area contributed by atoms with Crippen LogP contribution in [0.3, 0.4) is 0 Å². The lowest BCUT2D eigenvalue weighted by Gasteiger charge is -2.38. The van der Waals surface area contributed by atoms with Gasteiger partial charge in [0.15, 0.2) is 0 Å². The molecule has 1 aromatic carbocycles. The van der Waals surface area contributed by atoms with Crippen molar-refractivity contribution in [1.29, 1.82) is 0 Å². The largest absolute Gasteiger partial charge is 0.471 e. The molecule has 1 saturated heterocycles. The number of ether oxygens (including phenoxy) is 1. The van der Waals surface area contributed by atoms with Crippen molar-refractivity contribution in [3.05, 3.63) is 70.6 Å². The van der Waals surface area contributed by atoms with Crippen molar-refractivity contribution in [2.24, 2.45) is 0 Å². The Hall–Kier alpha value is -3.15. The van der Waals surface area contributed by atoms with Crippen LogP contribution in [-0.2, 0) is 0 Å². The molecule has 1 aliphatic rings. The number of H-pyrrole nitrogens is 1. The number of fused-ring (bicyclic) bond motifs is 1. The summed E-state index contributed by atoms with van der Waals surface area (Å²) in [6.45, 7) is 0.892. The molecule has 1 fully saturated rings. The molecular weight excluding hydrogens is 306 g/mol. The average molecular weight is 321 g/mol. The van der Waals surface area contributed by atoms with E-state index >= 15 is 0 Å². The highest BCUT2D eigenvalue weighted by molar-refractivity contribution is 5.94. The van der Waals surface area contributed by atoms with Crippen LogP contribution in [-0.4, -0.2) is 40.0 Å². The Morgan fingerprint density at radius 1 is 1.12 bits per heavy atom. The molecule has 120 valence electrons. The Morgan fingerprint density at radius 2 is 1.96 bits per heavy atom. The van der Waals surface area contributed by atoms with Gasteiger partial charge in [-0.25, -0.2) is 4.98 Å². The van der Waals surface area contributed by atoms with Crippen LogP contribution in [0.5, 0.6) is 5.88 Å². The molecule has 0 unspecified atom stereocenters. The molecule has 6 heteroatoms. The van der Waals surface area contributed by atoms with Crippen molar-refractivity contribution in [3.8, 4) is 5.88 Å². The number of amides is 1. The highest BCUT2D eigenvalue weighted by Gasteiger charge is 2.33. The number of benzene rings is 1. The van der Waals surface area contributed by atoms with E-state index in [1.807, 2.05) is 36.4 Å². The van der Waals surface area contributed by atoms with Gasteiger partial charge < -0.3 is 14.6 Å². The number of nitrogens with one attached hydrogen (secondary N) is 1. The minimum absolute atomic E-state index is 0.106. The van der Waals surface area contributed by atoms with Gasteiger partial charge in [-0.05, 0) is 24.3 Å². The Bertz CT molecular complexity index is 961. The lowest BCUT2D eigenvalue weighted by molar-refractivity contribution is 0.0160. The van der Waals surface area contributed by atoms with Crippen molar-refractivity contribution >= 4 is 16.8 Å². The van der Waals surface area contributed by atoms with Crippen LogP contribution in [0.1, 0.15) is 10.4 Å². The lowest BCUT2D eigenvalue weighted by Crippen LogP contribution is -2.56. The molecule has 2 aromatic heterocycles.